The SMILES string of the molecule is CC(C)(C)S(=O)(=O)NC1CCC(C(=O)NCCSc2ccc(-c3ccccc3)cc2)CC1. The van der Waals surface area contributed by atoms with Crippen molar-refractivity contribution < 1.29 is 13.2 Å². The van der Waals surface area contributed by atoms with E-state index in [1.807, 2.05) is 18.2 Å². The van der Waals surface area contributed by atoms with Crippen LogP contribution in [0.1, 0.15) is 46.5 Å². The molecule has 2 N–H and O–H groups in total. The van der Waals surface area contributed by atoms with Crippen molar-refractivity contribution in [2.45, 2.75) is 62.1 Å². The van der Waals surface area contributed by atoms with Gasteiger partial charge in [0.15, 0.2) is 0 Å². The summed E-state index contributed by atoms with van der Waals surface area (Å²) in [7, 11) is -3.35. The molecule has 1 saturated carbocycles. The Labute approximate surface area is 196 Å². The standard InChI is InChI=1S/C25H34N2O3S2/c1-25(2,3)32(29,30)27-22-13-9-21(10-14-22)24(28)26-17-18-31-23-15-11-20(12-16-23)19-7-5-4-6-8-19/h4-8,11-12,15-16,21-22,27H,9-10,13-14,17-18H2,1-3H3,(H,26,28). The minimum atomic E-state index is -3.35. The summed E-state index contributed by atoms with van der Waals surface area (Å²) in [6.45, 7) is 5.72. The van der Waals surface area contributed by atoms with E-state index in [9.17, 15) is 13.2 Å². The van der Waals surface area contributed by atoms with Crippen LogP contribution in [0.3, 0.4) is 0 Å². The van der Waals surface area contributed by atoms with Gasteiger partial charge in [0.1, 0.15) is 0 Å². The summed E-state index contributed by atoms with van der Waals surface area (Å²) >= 11 is 1.73. The molecule has 0 heterocycles. The Morgan fingerprint density at radius 2 is 1.53 bits per heavy atom. The number of hydrogen-bond donors (Lipinski definition) is 2. The molecule has 1 amide bonds. The molecule has 0 spiro atoms. The average molecular weight is 475 g/mol. The summed E-state index contributed by atoms with van der Waals surface area (Å²) in [5, 5.41) is 3.05. The number of amides is 1. The number of carbonyl (C=O) groups is 1. The van der Waals surface area contributed by atoms with Crippen molar-refractivity contribution in [2.75, 3.05) is 12.3 Å². The summed E-state index contributed by atoms with van der Waals surface area (Å²) in [5.74, 6) is 0.875. The second kappa shape index (κ2) is 10.9. The van der Waals surface area contributed by atoms with Gasteiger partial charge in [0, 0.05) is 29.2 Å². The van der Waals surface area contributed by atoms with E-state index in [2.05, 4.69) is 46.4 Å². The first kappa shape index (κ1) is 24.8. The Bertz CT molecular complexity index is 976. The third-order valence-corrected chi connectivity index (χ3v) is 9.13. The number of benzene rings is 2. The maximum atomic E-state index is 12.5. The molecule has 1 aliphatic carbocycles. The van der Waals surface area contributed by atoms with E-state index in [0.717, 1.165) is 18.6 Å². The van der Waals surface area contributed by atoms with E-state index in [4.69, 9.17) is 0 Å². The molecule has 0 aromatic heterocycles. The molecule has 0 atom stereocenters. The van der Waals surface area contributed by atoms with E-state index in [1.54, 1.807) is 32.5 Å². The summed E-state index contributed by atoms with van der Waals surface area (Å²) in [6.07, 6.45) is 2.85. The molecule has 0 aliphatic heterocycles. The van der Waals surface area contributed by atoms with Gasteiger partial charge in [-0.1, -0.05) is 42.5 Å². The number of sulfonamides is 1. The number of carbonyl (C=O) groups excluding carboxylic acids is 1. The highest BCUT2D eigenvalue weighted by Gasteiger charge is 2.33. The molecule has 7 heteroatoms. The Morgan fingerprint density at radius 3 is 2.12 bits per heavy atom. The fraction of sp³-hybridized carbons (Fsp3) is 0.480. The molecule has 5 nitrogen and oxygen atoms in total. The van der Waals surface area contributed by atoms with E-state index in [0.29, 0.717) is 19.4 Å². The Kier molecular flexibility index (Phi) is 8.42. The Morgan fingerprint density at radius 1 is 0.938 bits per heavy atom. The normalized spacial score (nSPS) is 19.5. The zero-order chi connectivity index (χ0) is 23.2. The lowest BCUT2D eigenvalue weighted by atomic mass is 9.86. The summed E-state index contributed by atoms with van der Waals surface area (Å²) < 4.78 is 26.6. The van der Waals surface area contributed by atoms with Crippen molar-refractivity contribution in [2.24, 2.45) is 5.92 Å². The van der Waals surface area contributed by atoms with Gasteiger partial charge in [-0.15, -0.1) is 11.8 Å². The Hall–Kier alpha value is -1.83. The third kappa shape index (κ3) is 6.83. The molecule has 174 valence electrons. The van der Waals surface area contributed by atoms with Crippen LogP contribution in [0.2, 0.25) is 0 Å². The van der Waals surface area contributed by atoms with Gasteiger partial charge in [-0.25, -0.2) is 13.1 Å². The van der Waals surface area contributed by atoms with Crippen LogP contribution in [0.25, 0.3) is 11.1 Å². The average Bonchev–Trinajstić information content (AvgIpc) is 2.77. The third-order valence-electron chi connectivity index (χ3n) is 5.86. The lowest BCUT2D eigenvalue weighted by Crippen LogP contribution is -2.46. The van der Waals surface area contributed by atoms with Crippen LogP contribution in [-0.2, 0) is 14.8 Å². The molecule has 32 heavy (non-hydrogen) atoms. The van der Waals surface area contributed by atoms with Gasteiger partial charge in [-0.3, -0.25) is 4.79 Å². The fourth-order valence-corrected chi connectivity index (χ4v) is 5.53. The Balaban J connectivity index is 1.36. The first-order valence-corrected chi connectivity index (χ1v) is 13.7. The maximum Gasteiger partial charge on any atom is 0.223 e. The fourth-order valence-electron chi connectivity index (χ4n) is 3.73. The predicted octanol–water partition coefficient (Wildman–Crippen LogP) is 4.84. The van der Waals surface area contributed by atoms with Crippen molar-refractivity contribution in [3.63, 3.8) is 0 Å². The zero-order valence-electron chi connectivity index (χ0n) is 19.1. The van der Waals surface area contributed by atoms with E-state index < -0.39 is 14.8 Å². The van der Waals surface area contributed by atoms with Crippen molar-refractivity contribution in [3.05, 3.63) is 54.6 Å². The van der Waals surface area contributed by atoms with Crippen LogP contribution in [0.5, 0.6) is 0 Å². The summed E-state index contributed by atoms with van der Waals surface area (Å²) in [6, 6.07) is 18.7. The van der Waals surface area contributed by atoms with Crippen molar-refractivity contribution in [3.8, 4) is 11.1 Å². The first-order valence-electron chi connectivity index (χ1n) is 11.2. The molecule has 1 aliphatic rings. The van der Waals surface area contributed by atoms with Gasteiger partial charge in [0.25, 0.3) is 0 Å². The molecular weight excluding hydrogens is 440 g/mol. The highest BCUT2D eigenvalue weighted by Crippen LogP contribution is 2.27. The quantitative estimate of drug-likeness (QED) is 0.424. The van der Waals surface area contributed by atoms with Crippen LogP contribution in [-0.4, -0.2) is 37.4 Å². The summed E-state index contributed by atoms with van der Waals surface area (Å²) in [4.78, 5) is 13.7. The van der Waals surface area contributed by atoms with E-state index in [-0.39, 0.29) is 17.9 Å². The van der Waals surface area contributed by atoms with Crippen molar-refractivity contribution >= 4 is 27.7 Å². The second-order valence-electron chi connectivity index (χ2n) is 9.31. The van der Waals surface area contributed by atoms with Gasteiger partial charge in [0.2, 0.25) is 15.9 Å². The van der Waals surface area contributed by atoms with Crippen LogP contribution < -0.4 is 10.0 Å². The highest BCUT2D eigenvalue weighted by molar-refractivity contribution is 7.99. The maximum absolute atomic E-state index is 12.5. The lowest BCUT2D eigenvalue weighted by Gasteiger charge is -2.30. The van der Waals surface area contributed by atoms with Crippen LogP contribution >= 0.6 is 11.8 Å². The largest absolute Gasteiger partial charge is 0.355 e. The number of thioether (sulfide) groups is 1. The van der Waals surface area contributed by atoms with Crippen molar-refractivity contribution in [1.82, 2.24) is 10.0 Å². The highest BCUT2D eigenvalue weighted by atomic mass is 32.2. The van der Waals surface area contributed by atoms with Gasteiger partial charge in [-0.05, 0) is 69.7 Å². The first-order chi connectivity index (χ1) is 15.2. The number of nitrogens with one attached hydrogen (secondary N) is 2. The molecule has 0 bridgehead atoms. The molecule has 1 fully saturated rings. The molecule has 0 radical (unpaired) electrons. The molecule has 0 unspecified atom stereocenters. The molecular formula is C25H34N2O3S2. The topological polar surface area (TPSA) is 75.3 Å². The minimum Gasteiger partial charge on any atom is -0.355 e. The smallest absolute Gasteiger partial charge is 0.223 e. The molecule has 2 aromatic rings. The molecule has 2 aromatic carbocycles. The number of hydrogen-bond acceptors (Lipinski definition) is 4. The van der Waals surface area contributed by atoms with Gasteiger partial charge < -0.3 is 5.32 Å². The second-order valence-corrected chi connectivity index (χ2v) is 12.9. The van der Waals surface area contributed by atoms with Gasteiger partial charge >= 0.3 is 0 Å². The van der Waals surface area contributed by atoms with Crippen LogP contribution in [0, 0.1) is 5.92 Å². The van der Waals surface area contributed by atoms with E-state index in [1.165, 1.54) is 16.0 Å². The van der Waals surface area contributed by atoms with Crippen LogP contribution in [0.4, 0.5) is 0 Å². The van der Waals surface area contributed by atoms with Gasteiger partial charge in [-0.2, -0.15) is 0 Å². The zero-order valence-corrected chi connectivity index (χ0v) is 20.8. The van der Waals surface area contributed by atoms with Gasteiger partial charge in [0.05, 0.1) is 4.75 Å². The van der Waals surface area contributed by atoms with Crippen molar-refractivity contribution in [1.29, 1.82) is 0 Å². The number of rotatable bonds is 8. The molecule has 0 saturated heterocycles. The lowest BCUT2D eigenvalue weighted by molar-refractivity contribution is -0.125. The monoisotopic (exact) mass is 474 g/mol. The summed E-state index contributed by atoms with van der Waals surface area (Å²) in [5.41, 5.74) is 2.40. The predicted molar refractivity (Wildman–Crippen MR) is 133 cm³/mol. The molecule has 3 rings (SSSR count). The van der Waals surface area contributed by atoms with Crippen LogP contribution in [0.15, 0.2) is 59.5 Å². The van der Waals surface area contributed by atoms with E-state index >= 15 is 0 Å². The minimum absolute atomic E-state index is 0.0273.